The molecule has 0 heterocycles. The van der Waals surface area contributed by atoms with E-state index >= 15 is 0 Å². The van der Waals surface area contributed by atoms with E-state index in [0.717, 1.165) is 19.3 Å². The van der Waals surface area contributed by atoms with E-state index in [-0.39, 0.29) is 5.92 Å². The van der Waals surface area contributed by atoms with Crippen LogP contribution in [0.4, 0.5) is 0 Å². The molecule has 2 unspecified atom stereocenters. The van der Waals surface area contributed by atoms with E-state index in [1.54, 1.807) is 0 Å². The van der Waals surface area contributed by atoms with Crippen LogP contribution in [0.5, 0.6) is 0 Å². The maximum Gasteiger partial charge on any atom is 0.178 e. The van der Waals surface area contributed by atoms with Crippen LogP contribution < -0.4 is 0 Å². The molecule has 0 radical (unpaired) electrons. The highest BCUT2D eigenvalue weighted by Gasteiger charge is 2.37. The number of hydrogen-bond donors (Lipinski definition) is 0. The smallest absolute Gasteiger partial charge is 0.149 e. The molecule has 0 aromatic carbocycles. The highest BCUT2D eigenvalue weighted by atomic mass is 35.5. The van der Waals surface area contributed by atoms with E-state index in [2.05, 4.69) is 5.18 Å². The summed E-state index contributed by atoms with van der Waals surface area (Å²) in [5, 5.41) is 2.98. The summed E-state index contributed by atoms with van der Waals surface area (Å²) in [6.45, 7) is 1.99. The van der Waals surface area contributed by atoms with Crippen LogP contribution in [0.2, 0.25) is 0 Å². The van der Waals surface area contributed by atoms with Crippen LogP contribution in [0.15, 0.2) is 5.18 Å². The van der Waals surface area contributed by atoms with Crippen molar-refractivity contribution >= 4 is 11.6 Å². The number of rotatable bonds is 1. The van der Waals surface area contributed by atoms with Crippen molar-refractivity contribution in [3.63, 3.8) is 0 Å². The first-order chi connectivity index (χ1) is 4.69. The topological polar surface area (TPSA) is 29.4 Å². The maximum atomic E-state index is 10.3. The summed E-state index contributed by atoms with van der Waals surface area (Å²) in [6, 6.07) is 0. The molecule has 1 rings (SSSR count). The average molecular weight is 162 g/mol. The Morgan fingerprint density at radius 1 is 1.60 bits per heavy atom. The molecule has 0 amide bonds. The van der Waals surface area contributed by atoms with E-state index in [9.17, 15) is 4.91 Å². The van der Waals surface area contributed by atoms with Gasteiger partial charge in [0, 0.05) is 0 Å². The third kappa shape index (κ3) is 1.31. The van der Waals surface area contributed by atoms with Gasteiger partial charge in [-0.25, -0.2) is 0 Å². The van der Waals surface area contributed by atoms with Crippen molar-refractivity contribution < 1.29 is 0 Å². The molecule has 0 aromatic rings. The lowest BCUT2D eigenvalue weighted by Crippen LogP contribution is -2.30. The Balaban J connectivity index is 2.62. The lowest BCUT2D eigenvalue weighted by molar-refractivity contribution is 0.292. The van der Waals surface area contributed by atoms with Gasteiger partial charge < -0.3 is 0 Å². The Hall–Kier alpha value is -0.110. The molecule has 0 saturated heterocycles. The molecule has 1 saturated carbocycles. The molecule has 1 aliphatic carbocycles. The fraction of sp³-hybridized carbons (Fsp3) is 1.00. The van der Waals surface area contributed by atoms with E-state index in [4.69, 9.17) is 11.6 Å². The molecule has 0 aliphatic heterocycles. The number of halogens is 1. The number of hydrogen-bond acceptors (Lipinski definition) is 2. The zero-order valence-electron chi connectivity index (χ0n) is 6.14. The van der Waals surface area contributed by atoms with Crippen LogP contribution in [-0.2, 0) is 0 Å². The average Bonchev–Trinajstić information content (AvgIpc) is 1.96. The molecular weight excluding hydrogens is 150 g/mol. The largest absolute Gasteiger partial charge is 0.178 e. The highest BCUT2D eigenvalue weighted by molar-refractivity contribution is 6.24. The molecule has 3 heteroatoms. The van der Waals surface area contributed by atoms with E-state index in [1.807, 2.05) is 6.92 Å². The van der Waals surface area contributed by atoms with E-state index in [1.165, 1.54) is 6.42 Å². The molecule has 10 heavy (non-hydrogen) atoms. The quantitative estimate of drug-likeness (QED) is 0.330. The first-order valence-corrected chi connectivity index (χ1v) is 4.10. The van der Waals surface area contributed by atoms with Gasteiger partial charge in [0.25, 0.3) is 0 Å². The highest BCUT2D eigenvalue weighted by Crippen LogP contribution is 2.39. The Morgan fingerprint density at radius 3 is 2.70 bits per heavy atom. The molecule has 2 nitrogen and oxygen atoms in total. The van der Waals surface area contributed by atoms with Gasteiger partial charge in [0.15, 0.2) is 5.00 Å². The van der Waals surface area contributed by atoms with Crippen LogP contribution in [-0.4, -0.2) is 5.00 Å². The molecule has 0 aromatic heterocycles. The normalized spacial score (nSPS) is 41.2. The molecule has 0 N–H and O–H groups in total. The summed E-state index contributed by atoms with van der Waals surface area (Å²) in [6.07, 6.45) is 4.01. The minimum atomic E-state index is -0.780. The van der Waals surface area contributed by atoms with Crippen molar-refractivity contribution in [3.05, 3.63) is 4.91 Å². The first-order valence-electron chi connectivity index (χ1n) is 3.72. The molecule has 0 bridgehead atoms. The summed E-state index contributed by atoms with van der Waals surface area (Å²) in [5.74, 6) is 0.250. The third-order valence-electron chi connectivity index (χ3n) is 2.32. The van der Waals surface area contributed by atoms with Gasteiger partial charge in [-0.3, -0.25) is 0 Å². The zero-order valence-corrected chi connectivity index (χ0v) is 6.90. The van der Waals surface area contributed by atoms with Crippen LogP contribution >= 0.6 is 11.6 Å². The van der Waals surface area contributed by atoms with Gasteiger partial charge in [-0.05, 0) is 30.4 Å². The number of nitrogens with zero attached hydrogens (tertiary/aromatic N) is 1. The predicted octanol–water partition coefficient (Wildman–Crippen LogP) is 2.90. The third-order valence-corrected chi connectivity index (χ3v) is 2.95. The fourth-order valence-electron chi connectivity index (χ4n) is 1.43. The molecule has 2 atom stereocenters. The fourth-order valence-corrected chi connectivity index (χ4v) is 1.67. The summed E-state index contributed by atoms with van der Waals surface area (Å²) < 4.78 is 0. The van der Waals surface area contributed by atoms with Gasteiger partial charge in [-0.2, -0.15) is 0 Å². The van der Waals surface area contributed by atoms with Gasteiger partial charge in [-0.15, -0.1) is 4.91 Å². The van der Waals surface area contributed by atoms with Crippen LogP contribution in [0.1, 0.15) is 32.6 Å². The zero-order chi connectivity index (χ0) is 7.61. The maximum absolute atomic E-state index is 10.3. The molecule has 1 aliphatic rings. The lowest BCUT2D eigenvalue weighted by atomic mass is 9.86. The first kappa shape index (κ1) is 7.99. The van der Waals surface area contributed by atoms with Crippen molar-refractivity contribution in [2.45, 2.75) is 37.6 Å². The predicted molar refractivity (Wildman–Crippen MR) is 42.0 cm³/mol. The second kappa shape index (κ2) is 2.87. The van der Waals surface area contributed by atoms with Crippen LogP contribution in [0.25, 0.3) is 0 Å². The van der Waals surface area contributed by atoms with E-state index in [0.29, 0.717) is 0 Å². The van der Waals surface area contributed by atoms with Gasteiger partial charge >= 0.3 is 0 Å². The minimum Gasteiger partial charge on any atom is -0.149 e. The molecule has 0 spiro atoms. The second-order valence-corrected chi connectivity index (χ2v) is 3.71. The summed E-state index contributed by atoms with van der Waals surface area (Å²) in [7, 11) is 0. The van der Waals surface area contributed by atoms with Crippen LogP contribution in [0.3, 0.4) is 0 Å². The molecule has 1 fully saturated rings. The lowest BCUT2D eigenvalue weighted by Gasteiger charge is -2.30. The Kier molecular flexibility index (Phi) is 2.29. The van der Waals surface area contributed by atoms with Crippen molar-refractivity contribution in [2.24, 2.45) is 11.1 Å². The summed E-state index contributed by atoms with van der Waals surface area (Å²) in [5.41, 5.74) is 0. The van der Waals surface area contributed by atoms with Crippen LogP contribution in [0, 0.1) is 10.8 Å². The van der Waals surface area contributed by atoms with Gasteiger partial charge in [0.2, 0.25) is 0 Å². The van der Waals surface area contributed by atoms with Gasteiger partial charge in [-0.1, -0.05) is 24.9 Å². The number of alkyl halides is 1. The van der Waals surface area contributed by atoms with Crippen molar-refractivity contribution in [3.8, 4) is 0 Å². The summed E-state index contributed by atoms with van der Waals surface area (Å²) in [4.78, 5) is 9.53. The molecule has 58 valence electrons. The standard InChI is InChI=1S/C7H12ClNO/c1-6-4-2-3-5-7(6,8)9-10/h6H,2-5H2,1H3. The second-order valence-electron chi connectivity index (χ2n) is 3.06. The van der Waals surface area contributed by atoms with Crippen molar-refractivity contribution in [1.29, 1.82) is 0 Å². The Bertz CT molecular complexity index is 140. The Morgan fingerprint density at radius 2 is 2.30 bits per heavy atom. The van der Waals surface area contributed by atoms with Gasteiger partial charge in [0.05, 0.1) is 0 Å². The van der Waals surface area contributed by atoms with Crippen molar-refractivity contribution in [2.75, 3.05) is 0 Å². The number of nitroso groups, excluding NO2 is 1. The monoisotopic (exact) mass is 161 g/mol. The SMILES string of the molecule is CC1CCCCC1(Cl)N=O. The van der Waals surface area contributed by atoms with Gasteiger partial charge in [0.1, 0.15) is 0 Å². The van der Waals surface area contributed by atoms with Crippen molar-refractivity contribution in [1.82, 2.24) is 0 Å². The minimum absolute atomic E-state index is 0.250. The van der Waals surface area contributed by atoms with E-state index < -0.39 is 5.00 Å². The molecular formula is C7H12ClNO. The summed E-state index contributed by atoms with van der Waals surface area (Å²) >= 11 is 5.93. The Labute approximate surface area is 65.9 Å².